The van der Waals surface area contributed by atoms with E-state index in [2.05, 4.69) is 15.5 Å². The molecular formula is C19H15N3O2. The molecule has 1 aromatic heterocycles. The number of nitrogens with zero attached hydrogens (tertiary/aromatic N) is 2. The van der Waals surface area contributed by atoms with Gasteiger partial charge >= 0.3 is 0 Å². The molecule has 1 N–H and O–H groups in total. The van der Waals surface area contributed by atoms with Crippen molar-refractivity contribution < 1.29 is 9.53 Å². The predicted molar refractivity (Wildman–Crippen MR) is 92.3 cm³/mol. The Kier molecular flexibility index (Phi) is 4.94. The van der Waals surface area contributed by atoms with Crippen molar-refractivity contribution in [3.8, 4) is 11.5 Å². The van der Waals surface area contributed by atoms with E-state index in [1.54, 1.807) is 24.5 Å². The molecule has 2 aromatic carbocycles. The molecule has 0 unspecified atom stereocenters. The van der Waals surface area contributed by atoms with Crippen molar-refractivity contribution >= 4 is 12.1 Å². The summed E-state index contributed by atoms with van der Waals surface area (Å²) >= 11 is 0. The van der Waals surface area contributed by atoms with E-state index in [0.717, 1.165) is 11.3 Å². The number of nitrogens with one attached hydrogen (secondary N) is 1. The number of aromatic nitrogens is 1. The van der Waals surface area contributed by atoms with Crippen molar-refractivity contribution in [2.45, 2.75) is 0 Å². The Morgan fingerprint density at radius 1 is 1.00 bits per heavy atom. The van der Waals surface area contributed by atoms with Crippen LogP contribution in [0.4, 0.5) is 0 Å². The van der Waals surface area contributed by atoms with Crippen molar-refractivity contribution in [3.63, 3.8) is 0 Å². The number of benzene rings is 2. The van der Waals surface area contributed by atoms with Crippen LogP contribution >= 0.6 is 0 Å². The predicted octanol–water partition coefficient (Wildman–Crippen LogP) is 3.64. The van der Waals surface area contributed by atoms with Crippen molar-refractivity contribution in [1.82, 2.24) is 10.4 Å². The Bertz CT molecular complexity index is 834. The largest absolute Gasteiger partial charge is 0.457 e. The Morgan fingerprint density at radius 2 is 1.83 bits per heavy atom. The minimum Gasteiger partial charge on any atom is -0.457 e. The number of carbonyl (C=O) groups is 1. The maximum Gasteiger partial charge on any atom is 0.272 e. The molecule has 0 aliphatic carbocycles. The molecule has 0 saturated heterocycles. The first-order valence-electron chi connectivity index (χ1n) is 7.38. The number of rotatable bonds is 5. The lowest BCUT2D eigenvalue weighted by Gasteiger charge is -2.05. The highest BCUT2D eigenvalue weighted by Crippen LogP contribution is 2.21. The standard InChI is InChI=1S/C19H15N3O2/c23-19(16-7-5-11-20-14-16)22-21-13-15-6-4-10-18(12-15)24-17-8-2-1-3-9-17/h1-14H,(H,22,23)/b21-13+. The van der Waals surface area contributed by atoms with Gasteiger partial charge in [-0.2, -0.15) is 5.10 Å². The van der Waals surface area contributed by atoms with Crippen LogP contribution in [0.3, 0.4) is 0 Å². The molecule has 1 amide bonds. The number of ether oxygens (including phenoxy) is 1. The maximum absolute atomic E-state index is 11.9. The molecule has 0 fully saturated rings. The van der Waals surface area contributed by atoms with Crippen molar-refractivity contribution in [2.75, 3.05) is 0 Å². The maximum atomic E-state index is 11.9. The van der Waals surface area contributed by atoms with Gasteiger partial charge in [0.05, 0.1) is 11.8 Å². The van der Waals surface area contributed by atoms with E-state index >= 15 is 0 Å². The Hall–Kier alpha value is -3.47. The number of hydrogen-bond donors (Lipinski definition) is 1. The Labute approximate surface area is 139 Å². The average molecular weight is 317 g/mol. The molecule has 0 saturated carbocycles. The second-order valence-electron chi connectivity index (χ2n) is 4.93. The summed E-state index contributed by atoms with van der Waals surface area (Å²) in [6, 6.07) is 20.3. The van der Waals surface area contributed by atoms with Gasteiger partial charge in [-0.15, -0.1) is 0 Å². The van der Waals surface area contributed by atoms with Crippen LogP contribution in [0.2, 0.25) is 0 Å². The van der Waals surface area contributed by atoms with Gasteiger partial charge in [-0.05, 0) is 42.0 Å². The number of hydrogen-bond acceptors (Lipinski definition) is 4. The number of pyridine rings is 1. The molecule has 0 atom stereocenters. The van der Waals surface area contributed by atoms with Gasteiger partial charge in [0.25, 0.3) is 5.91 Å². The zero-order valence-corrected chi connectivity index (χ0v) is 12.8. The second kappa shape index (κ2) is 7.69. The highest BCUT2D eigenvalue weighted by Gasteiger charge is 2.02. The summed E-state index contributed by atoms with van der Waals surface area (Å²) < 4.78 is 5.76. The smallest absolute Gasteiger partial charge is 0.272 e. The van der Waals surface area contributed by atoms with Gasteiger partial charge in [0.2, 0.25) is 0 Å². The third kappa shape index (κ3) is 4.27. The van der Waals surface area contributed by atoms with E-state index in [-0.39, 0.29) is 5.91 Å². The van der Waals surface area contributed by atoms with Crippen LogP contribution in [0, 0.1) is 0 Å². The van der Waals surface area contributed by atoms with Gasteiger partial charge < -0.3 is 4.74 Å². The molecule has 3 rings (SSSR count). The highest BCUT2D eigenvalue weighted by molar-refractivity contribution is 5.94. The van der Waals surface area contributed by atoms with Crippen LogP contribution < -0.4 is 10.2 Å². The zero-order chi connectivity index (χ0) is 16.6. The molecule has 0 aliphatic rings. The lowest BCUT2D eigenvalue weighted by Crippen LogP contribution is -2.17. The van der Waals surface area contributed by atoms with Crippen LogP contribution in [0.25, 0.3) is 0 Å². The van der Waals surface area contributed by atoms with Crippen molar-refractivity contribution in [2.24, 2.45) is 5.10 Å². The summed E-state index contributed by atoms with van der Waals surface area (Å²) in [5.74, 6) is 1.15. The van der Waals surface area contributed by atoms with Gasteiger partial charge in [0.15, 0.2) is 0 Å². The monoisotopic (exact) mass is 317 g/mol. The topological polar surface area (TPSA) is 63.6 Å². The normalized spacial score (nSPS) is 10.5. The fourth-order valence-electron chi connectivity index (χ4n) is 2.01. The lowest BCUT2D eigenvalue weighted by atomic mass is 10.2. The SMILES string of the molecule is O=C(N/N=C/c1cccc(Oc2ccccc2)c1)c1cccnc1. The summed E-state index contributed by atoms with van der Waals surface area (Å²) in [7, 11) is 0. The first-order chi connectivity index (χ1) is 11.8. The third-order valence-electron chi connectivity index (χ3n) is 3.14. The minimum atomic E-state index is -0.309. The van der Waals surface area contributed by atoms with E-state index in [1.165, 1.54) is 6.20 Å². The van der Waals surface area contributed by atoms with E-state index in [4.69, 9.17) is 4.74 Å². The molecule has 24 heavy (non-hydrogen) atoms. The molecule has 0 spiro atoms. The summed E-state index contributed by atoms with van der Waals surface area (Å²) in [5.41, 5.74) is 3.74. The van der Waals surface area contributed by atoms with E-state index < -0.39 is 0 Å². The molecule has 5 nitrogen and oxygen atoms in total. The fourth-order valence-corrected chi connectivity index (χ4v) is 2.01. The van der Waals surface area contributed by atoms with Gasteiger partial charge in [-0.1, -0.05) is 30.3 Å². The van der Waals surface area contributed by atoms with Crippen LogP contribution in [0.5, 0.6) is 11.5 Å². The summed E-state index contributed by atoms with van der Waals surface area (Å²) in [5, 5.41) is 3.96. The van der Waals surface area contributed by atoms with Crippen LogP contribution in [0.1, 0.15) is 15.9 Å². The second-order valence-corrected chi connectivity index (χ2v) is 4.93. The Morgan fingerprint density at radius 3 is 2.62 bits per heavy atom. The summed E-state index contributed by atoms with van der Waals surface area (Å²) in [6.45, 7) is 0. The average Bonchev–Trinajstić information content (AvgIpc) is 2.63. The first-order valence-corrected chi connectivity index (χ1v) is 7.38. The fraction of sp³-hybridized carbons (Fsp3) is 0. The first kappa shape index (κ1) is 15.4. The van der Waals surface area contributed by atoms with E-state index in [1.807, 2.05) is 54.6 Å². The van der Waals surface area contributed by atoms with Crippen LogP contribution in [-0.2, 0) is 0 Å². The number of para-hydroxylation sites is 1. The van der Waals surface area contributed by atoms with Gasteiger partial charge in [0, 0.05) is 12.4 Å². The zero-order valence-electron chi connectivity index (χ0n) is 12.8. The highest BCUT2D eigenvalue weighted by atomic mass is 16.5. The van der Waals surface area contributed by atoms with Crippen LogP contribution in [-0.4, -0.2) is 17.1 Å². The lowest BCUT2D eigenvalue weighted by molar-refractivity contribution is 0.0955. The molecule has 0 radical (unpaired) electrons. The quantitative estimate of drug-likeness (QED) is 0.577. The van der Waals surface area contributed by atoms with Gasteiger partial charge in [0.1, 0.15) is 11.5 Å². The van der Waals surface area contributed by atoms with Crippen molar-refractivity contribution in [1.29, 1.82) is 0 Å². The number of carbonyl (C=O) groups excluding carboxylic acids is 1. The molecule has 118 valence electrons. The van der Waals surface area contributed by atoms with Crippen LogP contribution in [0.15, 0.2) is 84.2 Å². The molecule has 0 aliphatic heterocycles. The third-order valence-corrected chi connectivity index (χ3v) is 3.14. The molecule has 0 bridgehead atoms. The number of hydrazone groups is 1. The molecule has 1 heterocycles. The van der Waals surface area contributed by atoms with Gasteiger partial charge in [-0.3, -0.25) is 9.78 Å². The van der Waals surface area contributed by atoms with Crippen molar-refractivity contribution in [3.05, 3.63) is 90.3 Å². The number of amides is 1. The Balaban J connectivity index is 1.63. The van der Waals surface area contributed by atoms with E-state index in [9.17, 15) is 4.79 Å². The minimum absolute atomic E-state index is 0.309. The molecule has 5 heteroatoms. The van der Waals surface area contributed by atoms with E-state index in [0.29, 0.717) is 11.3 Å². The molecule has 3 aromatic rings. The summed E-state index contributed by atoms with van der Waals surface area (Å²) in [6.07, 6.45) is 4.66. The summed E-state index contributed by atoms with van der Waals surface area (Å²) in [4.78, 5) is 15.7. The van der Waals surface area contributed by atoms with Gasteiger partial charge in [-0.25, -0.2) is 5.43 Å². The molecular weight excluding hydrogens is 302 g/mol.